The number of hydrogen-bond donors (Lipinski definition) is 1. The van der Waals surface area contributed by atoms with Crippen LogP contribution in [0.2, 0.25) is 0 Å². The molecular weight excluding hydrogens is 208 g/mol. The molecule has 0 aliphatic carbocycles. The number of carbonyl (C=O) groups is 2. The van der Waals surface area contributed by atoms with Crippen molar-refractivity contribution in [2.75, 3.05) is 26.2 Å². The molecule has 0 aromatic carbocycles. The number of amides is 2. The molecule has 1 aliphatic rings. The van der Waals surface area contributed by atoms with Crippen molar-refractivity contribution < 1.29 is 14.7 Å². The summed E-state index contributed by atoms with van der Waals surface area (Å²) >= 11 is 0. The quantitative estimate of drug-likeness (QED) is 0.711. The average molecular weight is 228 g/mol. The Balaban J connectivity index is 2.23. The van der Waals surface area contributed by atoms with E-state index in [0.717, 1.165) is 0 Å². The van der Waals surface area contributed by atoms with Crippen LogP contribution in [-0.4, -0.2) is 59.0 Å². The Kier molecular flexibility index (Phi) is 4.73. The number of β-amino-alcohol motifs (C(OH)–C–C–N with tert-alkyl or cyclic N) is 1. The van der Waals surface area contributed by atoms with Gasteiger partial charge in [0.05, 0.1) is 6.10 Å². The van der Waals surface area contributed by atoms with Gasteiger partial charge >= 0.3 is 0 Å². The second kappa shape index (κ2) is 5.84. The van der Waals surface area contributed by atoms with Gasteiger partial charge in [-0.3, -0.25) is 9.59 Å². The lowest BCUT2D eigenvalue weighted by Crippen LogP contribution is -2.53. The van der Waals surface area contributed by atoms with Gasteiger partial charge in [0.1, 0.15) is 0 Å². The van der Waals surface area contributed by atoms with Gasteiger partial charge in [-0.15, -0.1) is 0 Å². The van der Waals surface area contributed by atoms with E-state index in [1.54, 1.807) is 9.80 Å². The van der Waals surface area contributed by atoms with Crippen molar-refractivity contribution in [2.45, 2.75) is 32.8 Å². The fraction of sp³-hybridized carbons (Fsp3) is 0.818. The highest BCUT2D eigenvalue weighted by atomic mass is 16.3. The van der Waals surface area contributed by atoms with Crippen LogP contribution in [0.3, 0.4) is 0 Å². The Morgan fingerprint density at radius 1 is 1.25 bits per heavy atom. The van der Waals surface area contributed by atoms with Gasteiger partial charge in [-0.05, 0) is 13.8 Å². The van der Waals surface area contributed by atoms with Crippen molar-refractivity contribution in [3.63, 3.8) is 0 Å². The SMILES string of the molecule is CCN(CC)C(=O)CCC(=O)N1CC(O)C1. The van der Waals surface area contributed by atoms with Crippen LogP contribution in [0.5, 0.6) is 0 Å². The van der Waals surface area contributed by atoms with E-state index in [1.807, 2.05) is 13.8 Å². The Morgan fingerprint density at radius 2 is 1.81 bits per heavy atom. The van der Waals surface area contributed by atoms with Crippen LogP contribution in [0.25, 0.3) is 0 Å². The largest absolute Gasteiger partial charge is 0.389 e. The van der Waals surface area contributed by atoms with Crippen LogP contribution >= 0.6 is 0 Å². The van der Waals surface area contributed by atoms with Gasteiger partial charge in [-0.25, -0.2) is 0 Å². The lowest BCUT2D eigenvalue weighted by molar-refractivity contribution is -0.143. The maximum atomic E-state index is 11.6. The van der Waals surface area contributed by atoms with Crippen molar-refractivity contribution in [1.82, 2.24) is 9.80 Å². The first-order valence-electron chi connectivity index (χ1n) is 5.82. The van der Waals surface area contributed by atoms with E-state index in [0.29, 0.717) is 26.2 Å². The molecule has 0 bridgehead atoms. The predicted octanol–water partition coefficient (Wildman–Crippen LogP) is -0.162. The highest BCUT2D eigenvalue weighted by Crippen LogP contribution is 2.10. The molecule has 2 amide bonds. The average Bonchev–Trinajstić information content (AvgIpc) is 2.23. The third-order valence-electron chi connectivity index (χ3n) is 2.88. The molecule has 5 nitrogen and oxygen atoms in total. The van der Waals surface area contributed by atoms with Crippen molar-refractivity contribution in [3.05, 3.63) is 0 Å². The monoisotopic (exact) mass is 228 g/mol. The van der Waals surface area contributed by atoms with E-state index in [4.69, 9.17) is 5.11 Å². The normalized spacial score (nSPS) is 15.8. The van der Waals surface area contributed by atoms with Gasteiger partial charge in [0, 0.05) is 39.0 Å². The Labute approximate surface area is 96.0 Å². The summed E-state index contributed by atoms with van der Waals surface area (Å²) in [6, 6.07) is 0. The van der Waals surface area contributed by atoms with E-state index >= 15 is 0 Å². The molecular formula is C11H20N2O3. The highest BCUT2D eigenvalue weighted by Gasteiger charge is 2.28. The molecule has 1 N–H and O–H groups in total. The standard InChI is InChI=1S/C11H20N2O3/c1-3-12(4-2)10(15)5-6-11(16)13-7-9(14)8-13/h9,14H,3-8H2,1-2H3. The fourth-order valence-electron chi connectivity index (χ4n) is 1.77. The van der Waals surface area contributed by atoms with E-state index in [2.05, 4.69) is 0 Å². The Hall–Kier alpha value is -1.10. The van der Waals surface area contributed by atoms with Crippen molar-refractivity contribution in [3.8, 4) is 0 Å². The summed E-state index contributed by atoms with van der Waals surface area (Å²) in [7, 11) is 0. The van der Waals surface area contributed by atoms with E-state index < -0.39 is 0 Å². The smallest absolute Gasteiger partial charge is 0.223 e. The zero-order valence-corrected chi connectivity index (χ0v) is 9.98. The molecule has 1 saturated heterocycles. The molecule has 0 saturated carbocycles. The third kappa shape index (κ3) is 3.20. The van der Waals surface area contributed by atoms with Crippen molar-refractivity contribution >= 4 is 11.8 Å². The van der Waals surface area contributed by atoms with E-state index in [1.165, 1.54) is 0 Å². The minimum atomic E-state index is -0.373. The molecule has 1 aliphatic heterocycles. The van der Waals surface area contributed by atoms with E-state index in [9.17, 15) is 9.59 Å². The summed E-state index contributed by atoms with van der Waals surface area (Å²) in [4.78, 5) is 26.4. The first-order valence-corrected chi connectivity index (χ1v) is 5.82. The van der Waals surface area contributed by atoms with Gasteiger partial charge < -0.3 is 14.9 Å². The second-order valence-corrected chi connectivity index (χ2v) is 4.02. The topological polar surface area (TPSA) is 60.9 Å². The Morgan fingerprint density at radius 3 is 2.25 bits per heavy atom. The molecule has 1 rings (SSSR count). The zero-order valence-electron chi connectivity index (χ0n) is 9.98. The lowest BCUT2D eigenvalue weighted by atomic mass is 10.1. The van der Waals surface area contributed by atoms with E-state index in [-0.39, 0.29) is 30.8 Å². The number of aliphatic hydroxyl groups is 1. The molecule has 0 radical (unpaired) electrons. The minimum Gasteiger partial charge on any atom is -0.389 e. The second-order valence-electron chi connectivity index (χ2n) is 4.02. The third-order valence-corrected chi connectivity index (χ3v) is 2.88. The van der Waals surface area contributed by atoms with Gasteiger partial charge in [-0.2, -0.15) is 0 Å². The number of aliphatic hydroxyl groups excluding tert-OH is 1. The summed E-state index contributed by atoms with van der Waals surface area (Å²) in [6.45, 7) is 6.05. The van der Waals surface area contributed by atoms with Crippen molar-refractivity contribution in [2.24, 2.45) is 0 Å². The number of carbonyl (C=O) groups excluding carboxylic acids is 2. The molecule has 1 fully saturated rings. The van der Waals surface area contributed by atoms with Crippen LogP contribution in [0.15, 0.2) is 0 Å². The summed E-state index contributed by atoms with van der Waals surface area (Å²) in [6.07, 6.45) is 0.150. The lowest BCUT2D eigenvalue weighted by Gasteiger charge is -2.36. The van der Waals surface area contributed by atoms with Crippen LogP contribution in [-0.2, 0) is 9.59 Å². The zero-order chi connectivity index (χ0) is 12.1. The van der Waals surface area contributed by atoms with Crippen LogP contribution in [0.1, 0.15) is 26.7 Å². The van der Waals surface area contributed by atoms with Crippen LogP contribution < -0.4 is 0 Å². The number of nitrogens with zero attached hydrogens (tertiary/aromatic N) is 2. The number of rotatable bonds is 5. The molecule has 1 heterocycles. The molecule has 5 heteroatoms. The van der Waals surface area contributed by atoms with Gasteiger partial charge in [-0.1, -0.05) is 0 Å². The van der Waals surface area contributed by atoms with Crippen molar-refractivity contribution in [1.29, 1.82) is 0 Å². The highest BCUT2D eigenvalue weighted by molar-refractivity contribution is 5.84. The first-order chi connectivity index (χ1) is 7.58. The molecule has 0 aromatic heterocycles. The number of hydrogen-bond acceptors (Lipinski definition) is 3. The summed E-state index contributed by atoms with van der Waals surface area (Å²) in [5.74, 6) is -0.00905. The molecule has 92 valence electrons. The predicted molar refractivity (Wildman–Crippen MR) is 59.7 cm³/mol. The maximum absolute atomic E-state index is 11.6. The van der Waals surface area contributed by atoms with Gasteiger partial charge in [0.15, 0.2) is 0 Å². The minimum absolute atomic E-state index is 0.0272. The fourth-order valence-corrected chi connectivity index (χ4v) is 1.77. The van der Waals surface area contributed by atoms with Gasteiger partial charge in [0.2, 0.25) is 11.8 Å². The molecule has 16 heavy (non-hydrogen) atoms. The molecule has 0 spiro atoms. The Bertz CT molecular complexity index is 258. The molecule has 0 atom stereocenters. The number of likely N-dealkylation sites (tertiary alicyclic amines) is 1. The van der Waals surface area contributed by atoms with Gasteiger partial charge in [0.25, 0.3) is 0 Å². The first kappa shape index (κ1) is 13.0. The maximum Gasteiger partial charge on any atom is 0.223 e. The molecule has 0 unspecified atom stereocenters. The summed E-state index contributed by atoms with van der Waals surface area (Å²) < 4.78 is 0. The summed E-state index contributed by atoms with van der Waals surface area (Å²) in [5.41, 5.74) is 0. The van der Waals surface area contributed by atoms with Crippen LogP contribution in [0.4, 0.5) is 0 Å². The van der Waals surface area contributed by atoms with Crippen LogP contribution in [0, 0.1) is 0 Å². The summed E-state index contributed by atoms with van der Waals surface area (Å²) in [5, 5.41) is 9.04. The molecule has 0 aromatic rings.